The fraction of sp³-hybridized carbons (Fsp3) is 0.600. The van der Waals surface area contributed by atoms with E-state index in [2.05, 4.69) is 5.32 Å². The van der Waals surface area contributed by atoms with Crippen LogP contribution in [0.4, 0.5) is 4.39 Å². The highest BCUT2D eigenvalue weighted by Crippen LogP contribution is 2.19. The number of amides is 2. The van der Waals surface area contributed by atoms with Gasteiger partial charge in [-0.25, -0.2) is 4.39 Å². The molecule has 5 nitrogen and oxygen atoms in total. The predicted octanol–water partition coefficient (Wildman–Crippen LogP) is 2.20. The minimum atomic E-state index is -0.359. The smallest absolute Gasteiger partial charge is 0.254 e. The zero-order chi connectivity index (χ0) is 18.5. The monoisotopic (exact) mass is 361 g/mol. The molecule has 0 unspecified atom stereocenters. The molecule has 0 bridgehead atoms. The van der Waals surface area contributed by atoms with Crippen molar-refractivity contribution in [3.05, 3.63) is 35.1 Å². The van der Waals surface area contributed by atoms with Gasteiger partial charge in [-0.2, -0.15) is 0 Å². The molecule has 0 spiro atoms. The highest BCUT2D eigenvalue weighted by atomic mass is 19.1. The standard InChI is InChI=1S/C20H28FN3O2/c1-15-2-4-17(14-18(15)21)20(26)24-12-10-23(11-13-24)19(25)5-3-16-6-8-22-9-7-16/h2,4,14,16,22H,3,5-13H2,1H3. The first-order valence-corrected chi connectivity index (χ1v) is 9.58. The maximum atomic E-state index is 13.7. The zero-order valence-corrected chi connectivity index (χ0v) is 15.5. The number of benzene rings is 1. The van der Waals surface area contributed by atoms with Crippen LogP contribution in [0, 0.1) is 18.7 Å². The molecule has 0 aromatic heterocycles. The highest BCUT2D eigenvalue weighted by molar-refractivity contribution is 5.94. The first kappa shape index (κ1) is 18.8. The van der Waals surface area contributed by atoms with Crippen LogP contribution in [-0.2, 0) is 4.79 Å². The topological polar surface area (TPSA) is 52.7 Å². The fourth-order valence-corrected chi connectivity index (χ4v) is 3.72. The van der Waals surface area contributed by atoms with E-state index in [4.69, 9.17) is 0 Å². The maximum absolute atomic E-state index is 13.7. The van der Waals surface area contributed by atoms with E-state index in [1.807, 2.05) is 4.90 Å². The number of nitrogens with one attached hydrogen (secondary N) is 1. The summed E-state index contributed by atoms with van der Waals surface area (Å²) in [6.45, 7) is 5.92. The number of piperidine rings is 1. The van der Waals surface area contributed by atoms with Crippen LogP contribution in [-0.4, -0.2) is 60.9 Å². The molecule has 2 fully saturated rings. The summed E-state index contributed by atoms with van der Waals surface area (Å²) >= 11 is 0. The molecule has 0 radical (unpaired) electrons. The Kier molecular flexibility index (Phi) is 6.25. The van der Waals surface area contributed by atoms with Gasteiger partial charge < -0.3 is 15.1 Å². The van der Waals surface area contributed by atoms with Gasteiger partial charge in [0.1, 0.15) is 5.82 Å². The summed E-state index contributed by atoms with van der Waals surface area (Å²) in [7, 11) is 0. The van der Waals surface area contributed by atoms with Crippen LogP contribution in [0.15, 0.2) is 18.2 Å². The molecule has 2 amide bonds. The molecule has 0 aliphatic carbocycles. The normalized spacial score (nSPS) is 18.8. The fourth-order valence-electron chi connectivity index (χ4n) is 3.72. The van der Waals surface area contributed by atoms with Gasteiger partial charge >= 0.3 is 0 Å². The number of hydrogen-bond donors (Lipinski definition) is 1. The summed E-state index contributed by atoms with van der Waals surface area (Å²) in [5.74, 6) is 0.324. The maximum Gasteiger partial charge on any atom is 0.254 e. The minimum Gasteiger partial charge on any atom is -0.339 e. The number of piperazine rings is 1. The summed E-state index contributed by atoms with van der Waals surface area (Å²) in [5, 5.41) is 3.34. The van der Waals surface area contributed by atoms with Gasteiger partial charge in [0.25, 0.3) is 5.91 Å². The molecule has 3 rings (SSSR count). The molecule has 6 heteroatoms. The number of aryl methyl sites for hydroxylation is 1. The molecule has 2 heterocycles. The van der Waals surface area contributed by atoms with E-state index in [9.17, 15) is 14.0 Å². The lowest BCUT2D eigenvalue weighted by Crippen LogP contribution is -2.50. The van der Waals surface area contributed by atoms with Gasteiger partial charge in [-0.05, 0) is 62.9 Å². The molecule has 2 aliphatic rings. The van der Waals surface area contributed by atoms with Gasteiger partial charge in [-0.1, -0.05) is 6.07 Å². The van der Waals surface area contributed by atoms with Crippen molar-refractivity contribution >= 4 is 11.8 Å². The Morgan fingerprint density at radius 3 is 2.42 bits per heavy atom. The first-order chi connectivity index (χ1) is 12.5. The van der Waals surface area contributed by atoms with E-state index >= 15 is 0 Å². The minimum absolute atomic E-state index is 0.161. The van der Waals surface area contributed by atoms with E-state index in [0.717, 1.165) is 32.4 Å². The molecule has 1 aromatic rings. The van der Waals surface area contributed by atoms with Crippen molar-refractivity contribution in [2.75, 3.05) is 39.3 Å². The third-order valence-electron chi connectivity index (χ3n) is 5.56. The molecule has 1 N–H and O–H groups in total. The quantitative estimate of drug-likeness (QED) is 0.895. The average Bonchev–Trinajstić information content (AvgIpc) is 2.68. The second kappa shape index (κ2) is 8.62. The molecular formula is C20H28FN3O2. The van der Waals surface area contributed by atoms with Crippen molar-refractivity contribution in [2.45, 2.75) is 32.6 Å². The van der Waals surface area contributed by atoms with Crippen molar-refractivity contribution in [3.8, 4) is 0 Å². The lowest BCUT2D eigenvalue weighted by Gasteiger charge is -2.35. The second-order valence-electron chi connectivity index (χ2n) is 7.37. The number of carbonyl (C=O) groups excluding carboxylic acids is 2. The van der Waals surface area contributed by atoms with Crippen LogP contribution in [0.5, 0.6) is 0 Å². The van der Waals surface area contributed by atoms with Gasteiger partial charge in [-0.15, -0.1) is 0 Å². The van der Waals surface area contributed by atoms with Crippen molar-refractivity contribution in [3.63, 3.8) is 0 Å². The summed E-state index contributed by atoms with van der Waals surface area (Å²) < 4.78 is 13.7. The van der Waals surface area contributed by atoms with E-state index < -0.39 is 0 Å². The number of carbonyl (C=O) groups is 2. The molecular weight excluding hydrogens is 333 g/mol. The van der Waals surface area contributed by atoms with Gasteiger partial charge in [0.05, 0.1) is 0 Å². The Morgan fingerprint density at radius 2 is 1.77 bits per heavy atom. The summed E-state index contributed by atoms with van der Waals surface area (Å²) in [6.07, 6.45) is 3.87. The van der Waals surface area contributed by atoms with Crippen molar-refractivity contribution in [2.24, 2.45) is 5.92 Å². The van der Waals surface area contributed by atoms with Gasteiger partial charge in [0.15, 0.2) is 0 Å². The van der Waals surface area contributed by atoms with Gasteiger partial charge in [-0.3, -0.25) is 9.59 Å². The number of nitrogens with zero attached hydrogens (tertiary/aromatic N) is 2. The molecule has 0 saturated carbocycles. The van der Waals surface area contributed by atoms with E-state index in [1.54, 1.807) is 24.0 Å². The van der Waals surface area contributed by atoms with Crippen LogP contribution in [0.3, 0.4) is 0 Å². The van der Waals surface area contributed by atoms with Crippen molar-refractivity contribution in [1.82, 2.24) is 15.1 Å². The van der Waals surface area contributed by atoms with Crippen LogP contribution < -0.4 is 5.32 Å². The Bertz CT molecular complexity index is 650. The van der Waals surface area contributed by atoms with Crippen LogP contribution in [0.1, 0.15) is 41.6 Å². The summed E-state index contributed by atoms with van der Waals surface area (Å²) in [4.78, 5) is 28.5. The van der Waals surface area contributed by atoms with E-state index in [1.165, 1.54) is 6.07 Å². The summed E-state index contributed by atoms with van der Waals surface area (Å²) in [5.41, 5.74) is 0.907. The first-order valence-electron chi connectivity index (χ1n) is 9.58. The molecule has 142 valence electrons. The summed E-state index contributed by atoms with van der Waals surface area (Å²) in [6, 6.07) is 4.59. The highest BCUT2D eigenvalue weighted by Gasteiger charge is 2.25. The number of rotatable bonds is 4. The Hall–Kier alpha value is -1.95. The van der Waals surface area contributed by atoms with Crippen molar-refractivity contribution in [1.29, 1.82) is 0 Å². The van der Waals surface area contributed by atoms with Gasteiger partial charge in [0.2, 0.25) is 5.91 Å². The molecule has 2 aliphatic heterocycles. The third-order valence-corrected chi connectivity index (χ3v) is 5.56. The number of halogens is 1. The number of hydrogen-bond acceptors (Lipinski definition) is 3. The Morgan fingerprint density at radius 1 is 1.12 bits per heavy atom. The van der Waals surface area contributed by atoms with E-state index in [-0.39, 0.29) is 17.6 Å². The molecule has 2 saturated heterocycles. The largest absolute Gasteiger partial charge is 0.339 e. The SMILES string of the molecule is Cc1ccc(C(=O)N2CCN(C(=O)CCC3CCNCC3)CC2)cc1F. The van der Waals surface area contributed by atoms with Crippen LogP contribution in [0.25, 0.3) is 0 Å². The second-order valence-corrected chi connectivity index (χ2v) is 7.37. The third kappa shape index (κ3) is 4.61. The molecule has 26 heavy (non-hydrogen) atoms. The van der Waals surface area contributed by atoms with Crippen LogP contribution in [0.2, 0.25) is 0 Å². The van der Waals surface area contributed by atoms with E-state index in [0.29, 0.717) is 49.6 Å². The predicted molar refractivity (Wildman–Crippen MR) is 98.4 cm³/mol. The lowest BCUT2D eigenvalue weighted by atomic mass is 9.93. The average molecular weight is 361 g/mol. The van der Waals surface area contributed by atoms with Crippen LogP contribution >= 0.6 is 0 Å². The lowest BCUT2D eigenvalue weighted by molar-refractivity contribution is -0.133. The molecule has 1 aromatic carbocycles. The zero-order valence-electron chi connectivity index (χ0n) is 15.5. The Balaban J connectivity index is 1.46. The Labute approximate surface area is 154 Å². The molecule has 0 atom stereocenters. The van der Waals surface area contributed by atoms with Crippen molar-refractivity contribution < 1.29 is 14.0 Å². The van der Waals surface area contributed by atoms with Gasteiger partial charge in [0, 0.05) is 38.2 Å².